The summed E-state index contributed by atoms with van der Waals surface area (Å²) in [7, 11) is 0. The zero-order valence-corrected chi connectivity index (χ0v) is 9.62. The van der Waals surface area contributed by atoms with Gasteiger partial charge in [0, 0.05) is 47.5 Å². The van der Waals surface area contributed by atoms with Crippen molar-refractivity contribution in [3.05, 3.63) is 50.2 Å². The smallest absolute Gasteiger partial charge is 0.270 e. The summed E-state index contributed by atoms with van der Waals surface area (Å²) in [6.45, 7) is 1.51. The zero-order valence-electron chi connectivity index (χ0n) is 9.62. The van der Waals surface area contributed by atoms with E-state index in [1.807, 2.05) is 0 Å². The quantitative estimate of drug-likeness (QED) is 0.663. The van der Waals surface area contributed by atoms with E-state index < -0.39 is 11.0 Å². The van der Waals surface area contributed by atoms with Crippen LogP contribution in [0.2, 0.25) is 0 Å². The number of hydrogen-bond donors (Lipinski definition) is 1. The maximum Gasteiger partial charge on any atom is 0.270 e. The number of rotatable bonds is 4. The minimum absolute atomic E-state index is 0.0166. The van der Waals surface area contributed by atoms with Gasteiger partial charge in [-0.15, -0.1) is 0 Å². The maximum absolute atomic E-state index is 10.7. The highest BCUT2D eigenvalue weighted by molar-refractivity contribution is 5.85. The molecular weight excluding hydrogens is 238 g/mol. The third-order valence-electron chi connectivity index (χ3n) is 2.84. The van der Waals surface area contributed by atoms with Crippen molar-refractivity contribution in [1.29, 1.82) is 0 Å². The van der Waals surface area contributed by atoms with Crippen LogP contribution in [0.15, 0.2) is 24.4 Å². The lowest BCUT2D eigenvalue weighted by Crippen LogP contribution is -2.17. The van der Waals surface area contributed by atoms with Crippen LogP contribution >= 0.6 is 0 Å². The van der Waals surface area contributed by atoms with Gasteiger partial charge in [0.25, 0.3) is 5.69 Å². The summed E-state index contributed by atoms with van der Waals surface area (Å²) in [5, 5.41) is 22.0. The monoisotopic (exact) mass is 249 g/mol. The molecule has 18 heavy (non-hydrogen) atoms. The third kappa shape index (κ3) is 2.15. The fourth-order valence-electron chi connectivity index (χ4n) is 1.84. The van der Waals surface area contributed by atoms with E-state index in [4.69, 9.17) is 0 Å². The molecule has 2 rings (SSSR count). The molecule has 7 heteroatoms. The van der Waals surface area contributed by atoms with Crippen molar-refractivity contribution in [2.24, 2.45) is 0 Å². The highest BCUT2D eigenvalue weighted by atomic mass is 16.6. The molecule has 0 fully saturated rings. The number of benzene rings is 1. The lowest BCUT2D eigenvalue weighted by atomic mass is 10.1. The molecule has 7 nitrogen and oxygen atoms in total. The van der Waals surface area contributed by atoms with Crippen LogP contribution in [0.4, 0.5) is 5.69 Å². The number of nitro benzene ring substituents is 1. The zero-order chi connectivity index (χ0) is 13.3. The van der Waals surface area contributed by atoms with Crippen molar-refractivity contribution >= 4 is 16.6 Å². The number of H-pyrrole nitrogens is 1. The fourth-order valence-corrected chi connectivity index (χ4v) is 1.84. The van der Waals surface area contributed by atoms with Gasteiger partial charge >= 0.3 is 0 Å². The van der Waals surface area contributed by atoms with Crippen LogP contribution in [0.3, 0.4) is 0 Å². The SMILES string of the molecule is CC(Cc1c[nH]c2ccc([N+](=O)[O-])cc12)[N+](=O)[O-]. The molecule has 0 saturated carbocycles. The Kier molecular flexibility index (Phi) is 2.97. The summed E-state index contributed by atoms with van der Waals surface area (Å²) in [4.78, 5) is 23.4. The molecule has 1 N–H and O–H groups in total. The highest BCUT2D eigenvalue weighted by Crippen LogP contribution is 2.24. The number of fused-ring (bicyclic) bond motifs is 1. The van der Waals surface area contributed by atoms with Gasteiger partial charge < -0.3 is 4.98 Å². The van der Waals surface area contributed by atoms with E-state index in [0.29, 0.717) is 5.39 Å². The van der Waals surface area contributed by atoms with E-state index >= 15 is 0 Å². The summed E-state index contributed by atoms with van der Waals surface area (Å²) in [5.41, 5.74) is 1.45. The molecule has 0 aliphatic rings. The Bertz CT molecular complexity index is 620. The summed E-state index contributed by atoms with van der Waals surface area (Å²) in [6.07, 6.45) is 1.91. The molecule has 1 aromatic carbocycles. The average Bonchev–Trinajstić information content (AvgIpc) is 2.71. The second kappa shape index (κ2) is 4.44. The molecule has 94 valence electrons. The van der Waals surface area contributed by atoms with Crippen LogP contribution < -0.4 is 0 Å². The Balaban J connectivity index is 2.42. The van der Waals surface area contributed by atoms with Crippen molar-refractivity contribution in [3.8, 4) is 0 Å². The summed E-state index contributed by atoms with van der Waals surface area (Å²) in [5.74, 6) is 0. The molecule has 1 heterocycles. The largest absolute Gasteiger partial charge is 0.361 e. The normalized spacial score (nSPS) is 12.5. The molecular formula is C11H11N3O4. The Hall–Kier alpha value is -2.44. The molecule has 0 amide bonds. The van der Waals surface area contributed by atoms with Gasteiger partial charge in [-0.2, -0.15) is 0 Å². The number of nitrogens with one attached hydrogen (secondary N) is 1. The first-order valence-corrected chi connectivity index (χ1v) is 5.37. The van der Waals surface area contributed by atoms with Gasteiger partial charge in [-0.1, -0.05) is 0 Å². The lowest BCUT2D eigenvalue weighted by Gasteiger charge is -2.02. The highest BCUT2D eigenvalue weighted by Gasteiger charge is 2.17. The minimum Gasteiger partial charge on any atom is -0.361 e. The van der Waals surface area contributed by atoms with Gasteiger partial charge in [0.05, 0.1) is 4.92 Å². The molecule has 1 unspecified atom stereocenters. The first kappa shape index (κ1) is 12.0. The predicted octanol–water partition coefficient (Wildman–Crippen LogP) is 2.28. The number of non-ortho nitro benzene ring substituents is 1. The summed E-state index contributed by atoms with van der Waals surface area (Å²) >= 11 is 0. The standard InChI is InChI=1S/C11H11N3O4/c1-7(13(15)16)4-8-6-12-11-3-2-9(14(17)18)5-10(8)11/h2-3,5-7,12H,4H2,1H3. The molecule has 0 radical (unpaired) electrons. The van der Waals surface area contributed by atoms with E-state index in [-0.39, 0.29) is 17.0 Å². The van der Waals surface area contributed by atoms with Crippen LogP contribution in [-0.4, -0.2) is 20.9 Å². The topological polar surface area (TPSA) is 102 Å². The Morgan fingerprint density at radius 1 is 1.33 bits per heavy atom. The molecule has 1 aromatic heterocycles. The number of nitro groups is 2. The predicted molar refractivity (Wildman–Crippen MR) is 65.1 cm³/mol. The molecule has 1 atom stereocenters. The van der Waals surface area contributed by atoms with Gasteiger partial charge in [-0.25, -0.2) is 0 Å². The van der Waals surface area contributed by atoms with Crippen molar-refractivity contribution in [1.82, 2.24) is 4.98 Å². The van der Waals surface area contributed by atoms with E-state index in [0.717, 1.165) is 11.1 Å². The van der Waals surface area contributed by atoms with Gasteiger partial charge in [-0.3, -0.25) is 20.2 Å². The lowest BCUT2D eigenvalue weighted by molar-refractivity contribution is -0.517. The van der Waals surface area contributed by atoms with Crippen LogP contribution in [0, 0.1) is 20.2 Å². The second-order valence-electron chi connectivity index (χ2n) is 4.14. The molecule has 2 aromatic rings. The number of hydrogen-bond acceptors (Lipinski definition) is 4. The van der Waals surface area contributed by atoms with Crippen LogP contribution in [0.1, 0.15) is 12.5 Å². The van der Waals surface area contributed by atoms with Gasteiger partial charge in [0.1, 0.15) is 0 Å². The van der Waals surface area contributed by atoms with Crippen molar-refractivity contribution < 1.29 is 9.85 Å². The van der Waals surface area contributed by atoms with E-state index in [2.05, 4.69) is 4.98 Å². The van der Waals surface area contributed by atoms with Crippen LogP contribution in [0.25, 0.3) is 10.9 Å². The third-order valence-corrected chi connectivity index (χ3v) is 2.84. The van der Waals surface area contributed by atoms with E-state index in [1.54, 1.807) is 12.3 Å². The molecule has 0 saturated heterocycles. The van der Waals surface area contributed by atoms with Gasteiger partial charge in [0.15, 0.2) is 0 Å². The minimum atomic E-state index is -0.719. The summed E-state index contributed by atoms with van der Waals surface area (Å²) < 4.78 is 0. The average molecular weight is 249 g/mol. The Morgan fingerprint density at radius 3 is 2.67 bits per heavy atom. The van der Waals surface area contributed by atoms with Crippen LogP contribution in [0.5, 0.6) is 0 Å². The molecule has 0 bridgehead atoms. The van der Waals surface area contributed by atoms with Crippen molar-refractivity contribution in [2.45, 2.75) is 19.4 Å². The first-order chi connectivity index (χ1) is 8.49. The van der Waals surface area contributed by atoms with Gasteiger partial charge in [0.2, 0.25) is 6.04 Å². The van der Waals surface area contributed by atoms with Crippen molar-refractivity contribution in [2.75, 3.05) is 0 Å². The number of nitrogens with zero attached hydrogens (tertiary/aromatic N) is 2. The van der Waals surface area contributed by atoms with E-state index in [1.165, 1.54) is 19.1 Å². The van der Waals surface area contributed by atoms with E-state index in [9.17, 15) is 20.2 Å². The molecule has 0 spiro atoms. The molecule has 0 aliphatic carbocycles. The Labute approximate surface area is 102 Å². The maximum atomic E-state index is 10.7. The van der Waals surface area contributed by atoms with Crippen LogP contribution in [-0.2, 0) is 6.42 Å². The second-order valence-corrected chi connectivity index (χ2v) is 4.14. The van der Waals surface area contributed by atoms with Gasteiger partial charge in [-0.05, 0) is 11.6 Å². The summed E-state index contributed by atoms with van der Waals surface area (Å²) in [6, 6.07) is 3.73. The Morgan fingerprint density at radius 2 is 2.06 bits per heavy atom. The van der Waals surface area contributed by atoms with Crippen molar-refractivity contribution in [3.63, 3.8) is 0 Å². The number of aromatic amines is 1. The molecule has 0 aliphatic heterocycles. The first-order valence-electron chi connectivity index (χ1n) is 5.37. The number of aromatic nitrogens is 1. The fraction of sp³-hybridized carbons (Fsp3) is 0.273.